The normalized spacial score (nSPS) is 10.5. The third-order valence-electron chi connectivity index (χ3n) is 2.54. The smallest absolute Gasteiger partial charge is 0.352 e. The van der Waals surface area contributed by atoms with Crippen molar-refractivity contribution < 1.29 is 9.90 Å². The van der Waals surface area contributed by atoms with E-state index in [1.165, 1.54) is 0 Å². The Kier molecular flexibility index (Phi) is 2.95. The van der Waals surface area contributed by atoms with Gasteiger partial charge in [0.25, 0.3) is 0 Å². The van der Waals surface area contributed by atoms with Gasteiger partial charge >= 0.3 is 5.97 Å². The highest BCUT2D eigenvalue weighted by molar-refractivity contribution is 5.85. The summed E-state index contributed by atoms with van der Waals surface area (Å²) in [4.78, 5) is 15.3. The first-order valence-electron chi connectivity index (χ1n) is 5.39. The monoisotopic (exact) mass is 230 g/mol. The lowest BCUT2D eigenvalue weighted by atomic mass is 10.2. The summed E-state index contributed by atoms with van der Waals surface area (Å²) >= 11 is 0. The quantitative estimate of drug-likeness (QED) is 0.879. The zero-order valence-corrected chi connectivity index (χ0v) is 9.84. The molecule has 0 atom stereocenters. The molecular weight excluding hydrogens is 216 g/mol. The van der Waals surface area contributed by atoms with E-state index in [0.29, 0.717) is 12.2 Å². The fraction of sp³-hybridized carbons (Fsp3) is 0.231. The summed E-state index contributed by atoms with van der Waals surface area (Å²) in [5.41, 5.74) is 3.26. The van der Waals surface area contributed by atoms with Crippen molar-refractivity contribution in [3.05, 3.63) is 53.1 Å². The van der Waals surface area contributed by atoms with Gasteiger partial charge in [0.05, 0.1) is 0 Å². The van der Waals surface area contributed by atoms with E-state index in [1.807, 2.05) is 26.0 Å². The largest absolute Gasteiger partial charge is 0.477 e. The first-order chi connectivity index (χ1) is 8.06. The van der Waals surface area contributed by atoms with Crippen molar-refractivity contribution in [1.29, 1.82) is 0 Å². The van der Waals surface area contributed by atoms with Gasteiger partial charge in [-0.15, -0.1) is 0 Å². The van der Waals surface area contributed by atoms with Crippen LogP contribution in [0.15, 0.2) is 30.5 Å². The van der Waals surface area contributed by atoms with Gasteiger partial charge in [-0.25, -0.2) is 4.79 Å². The van der Waals surface area contributed by atoms with Crippen molar-refractivity contribution in [3.8, 4) is 0 Å². The Morgan fingerprint density at radius 2 is 2.00 bits per heavy atom. The predicted molar refractivity (Wildman–Crippen MR) is 64.2 cm³/mol. The van der Waals surface area contributed by atoms with Gasteiger partial charge in [0, 0.05) is 24.1 Å². The summed E-state index contributed by atoms with van der Waals surface area (Å²) in [7, 11) is 0. The molecule has 4 heteroatoms. The number of carbonyl (C=O) groups is 1. The second kappa shape index (κ2) is 4.41. The third kappa shape index (κ3) is 2.53. The second-order valence-corrected chi connectivity index (χ2v) is 4.08. The number of nitrogens with zero attached hydrogens (tertiary/aromatic N) is 2. The van der Waals surface area contributed by atoms with E-state index in [4.69, 9.17) is 5.11 Å². The molecule has 0 radical (unpaired) electrons. The van der Waals surface area contributed by atoms with Crippen LogP contribution in [0.4, 0.5) is 0 Å². The molecule has 0 fully saturated rings. The van der Waals surface area contributed by atoms with Crippen molar-refractivity contribution in [3.63, 3.8) is 0 Å². The van der Waals surface area contributed by atoms with Gasteiger partial charge in [0.1, 0.15) is 5.69 Å². The Balaban J connectivity index is 2.31. The Morgan fingerprint density at radius 1 is 1.35 bits per heavy atom. The lowest BCUT2D eigenvalue weighted by molar-refractivity contribution is 0.0685. The van der Waals surface area contributed by atoms with Crippen LogP contribution in [-0.4, -0.2) is 20.6 Å². The molecule has 2 rings (SSSR count). The molecule has 0 spiro atoms. The summed E-state index contributed by atoms with van der Waals surface area (Å²) in [6.45, 7) is 4.42. The summed E-state index contributed by atoms with van der Waals surface area (Å²) < 4.78 is 1.72. The number of hydrogen-bond donors (Lipinski definition) is 1. The summed E-state index contributed by atoms with van der Waals surface area (Å²) in [6, 6.07) is 7.28. The van der Waals surface area contributed by atoms with Gasteiger partial charge in [-0.3, -0.25) is 4.98 Å². The van der Waals surface area contributed by atoms with Gasteiger partial charge in [0.15, 0.2) is 0 Å². The van der Waals surface area contributed by atoms with Crippen LogP contribution in [0.2, 0.25) is 0 Å². The van der Waals surface area contributed by atoms with Crippen LogP contribution in [0, 0.1) is 13.8 Å². The highest BCUT2D eigenvalue weighted by Crippen LogP contribution is 2.10. The molecule has 2 heterocycles. The SMILES string of the molecule is Cc1cc(Cn2cccc2C(=O)O)cc(C)n1. The third-order valence-corrected chi connectivity index (χ3v) is 2.54. The summed E-state index contributed by atoms with van der Waals surface area (Å²) in [5.74, 6) is -0.905. The van der Waals surface area contributed by atoms with E-state index >= 15 is 0 Å². The summed E-state index contributed by atoms with van der Waals surface area (Å²) in [6.07, 6.45) is 1.77. The first kappa shape index (κ1) is 11.4. The molecule has 0 saturated heterocycles. The average Bonchev–Trinajstić information content (AvgIpc) is 2.63. The Morgan fingerprint density at radius 3 is 2.59 bits per heavy atom. The van der Waals surface area contributed by atoms with E-state index in [0.717, 1.165) is 17.0 Å². The molecule has 0 unspecified atom stereocenters. The van der Waals surface area contributed by atoms with Gasteiger partial charge < -0.3 is 9.67 Å². The van der Waals surface area contributed by atoms with Crippen LogP contribution in [-0.2, 0) is 6.54 Å². The van der Waals surface area contributed by atoms with Gasteiger partial charge in [-0.1, -0.05) is 0 Å². The molecule has 0 aromatic carbocycles. The van der Waals surface area contributed by atoms with Crippen LogP contribution < -0.4 is 0 Å². The highest BCUT2D eigenvalue weighted by atomic mass is 16.4. The van der Waals surface area contributed by atoms with Crippen molar-refractivity contribution in [2.75, 3.05) is 0 Å². The highest BCUT2D eigenvalue weighted by Gasteiger charge is 2.09. The fourth-order valence-corrected chi connectivity index (χ4v) is 1.96. The molecule has 88 valence electrons. The van der Waals surface area contributed by atoms with E-state index in [1.54, 1.807) is 22.9 Å². The molecule has 0 amide bonds. The molecule has 0 aliphatic heterocycles. The maximum Gasteiger partial charge on any atom is 0.352 e. The van der Waals surface area contributed by atoms with Crippen LogP contribution in [0.5, 0.6) is 0 Å². The molecular formula is C13H14N2O2. The van der Waals surface area contributed by atoms with Crippen molar-refractivity contribution >= 4 is 5.97 Å². The van der Waals surface area contributed by atoms with Crippen LogP contribution >= 0.6 is 0 Å². The lowest BCUT2D eigenvalue weighted by Crippen LogP contribution is -2.09. The zero-order valence-electron chi connectivity index (χ0n) is 9.84. The molecule has 0 bridgehead atoms. The summed E-state index contributed by atoms with van der Waals surface area (Å²) in [5, 5.41) is 9.01. The van der Waals surface area contributed by atoms with Crippen molar-refractivity contribution in [2.45, 2.75) is 20.4 Å². The number of rotatable bonds is 3. The number of pyridine rings is 1. The Bertz CT molecular complexity index is 538. The van der Waals surface area contributed by atoms with Crippen molar-refractivity contribution in [2.24, 2.45) is 0 Å². The van der Waals surface area contributed by atoms with Crippen molar-refractivity contribution in [1.82, 2.24) is 9.55 Å². The molecule has 1 N–H and O–H groups in total. The van der Waals surface area contributed by atoms with Gasteiger partial charge in [-0.2, -0.15) is 0 Å². The minimum atomic E-state index is -0.905. The van der Waals surface area contributed by atoms with E-state index in [2.05, 4.69) is 4.98 Å². The molecule has 2 aromatic rings. The van der Waals surface area contributed by atoms with E-state index in [-0.39, 0.29) is 0 Å². The average molecular weight is 230 g/mol. The maximum absolute atomic E-state index is 11.0. The predicted octanol–water partition coefficient (Wildman–Crippen LogP) is 2.25. The minimum Gasteiger partial charge on any atom is -0.477 e. The van der Waals surface area contributed by atoms with Crippen LogP contribution in [0.25, 0.3) is 0 Å². The Labute approximate surface area is 99.5 Å². The number of carboxylic acid groups (broad SMARTS) is 1. The fourth-order valence-electron chi connectivity index (χ4n) is 1.96. The number of aryl methyl sites for hydroxylation is 2. The maximum atomic E-state index is 11.0. The van der Waals surface area contributed by atoms with Gasteiger partial charge in [-0.05, 0) is 43.7 Å². The zero-order chi connectivity index (χ0) is 12.4. The minimum absolute atomic E-state index is 0.303. The molecule has 0 saturated carbocycles. The van der Waals surface area contributed by atoms with E-state index in [9.17, 15) is 4.79 Å². The molecule has 17 heavy (non-hydrogen) atoms. The number of carboxylic acids is 1. The van der Waals surface area contributed by atoms with Crippen LogP contribution in [0.1, 0.15) is 27.4 Å². The molecule has 0 aliphatic rings. The second-order valence-electron chi connectivity index (χ2n) is 4.08. The molecule has 0 aliphatic carbocycles. The number of aromatic carboxylic acids is 1. The standard InChI is InChI=1S/C13H14N2O2/c1-9-6-11(7-10(2)14-9)8-15-5-3-4-12(15)13(16)17/h3-7H,8H2,1-2H3,(H,16,17). The van der Waals surface area contributed by atoms with Crippen LogP contribution in [0.3, 0.4) is 0 Å². The van der Waals surface area contributed by atoms with Gasteiger partial charge in [0.2, 0.25) is 0 Å². The lowest BCUT2D eigenvalue weighted by Gasteiger charge is -2.08. The topological polar surface area (TPSA) is 55.1 Å². The number of hydrogen-bond acceptors (Lipinski definition) is 2. The van der Waals surface area contributed by atoms with E-state index < -0.39 is 5.97 Å². The molecule has 4 nitrogen and oxygen atoms in total. The number of aromatic nitrogens is 2. The first-order valence-corrected chi connectivity index (χ1v) is 5.39. The Hall–Kier alpha value is -2.10. The molecule has 2 aromatic heterocycles.